The van der Waals surface area contributed by atoms with Crippen LogP contribution < -0.4 is 10.0 Å². The fourth-order valence-electron chi connectivity index (χ4n) is 1.79. The van der Waals surface area contributed by atoms with E-state index in [0.717, 1.165) is 0 Å². The minimum atomic E-state index is -3.57. The fourth-order valence-corrected chi connectivity index (χ4v) is 3.07. The highest BCUT2D eigenvalue weighted by Gasteiger charge is 2.13. The largest absolute Gasteiger partial charge is 0.325 e. The minimum Gasteiger partial charge on any atom is -0.325 e. The quantitative estimate of drug-likeness (QED) is 0.849. The first kappa shape index (κ1) is 16.5. The van der Waals surface area contributed by atoms with Gasteiger partial charge in [0.25, 0.3) is 0 Å². The lowest BCUT2D eigenvalue weighted by molar-refractivity contribution is -0.115. The van der Waals surface area contributed by atoms with Crippen LogP contribution in [0.4, 0.5) is 5.69 Å². The normalized spacial score (nSPS) is 11.1. The molecule has 7 heteroatoms. The van der Waals surface area contributed by atoms with Gasteiger partial charge in [0.15, 0.2) is 0 Å². The molecule has 0 aromatic heterocycles. The van der Waals surface area contributed by atoms with Crippen LogP contribution in [0, 0.1) is 0 Å². The number of hydrogen-bond donors (Lipinski definition) is 2. The number of benzene rings is 2. The van der Waals surface area contributed by atoms with E-state index in [-0.39, 0.29) is 12.3 Å². The van der Waals surface area contributed by atoms with Crippen molar-refractivity contribution < 1.29 is 13.2 Å². The Hall–Kier alpha value is -1.89. The third-order valence-electron chi connectivity index (χ3n) is 2.76. The third-order valence-corrected chi connectivity index (χ3v) is 4.29. The SMILES string of the molecule is O=C(CNS(=O)(=O)Cc1ccccc1)Nc1cccc(Cl)c1. The van der Waals surface area contributed by atoms with Gasteiger partial charge in [0.2, 0.25) is 15.9 Å². The number of rotatable bonds is 6. The average molecular weight is 339 g/mol. The number of nitrogens with one attached hydrogen (secondary N) is 2. The van der Waals surface area contributed by atoms with Crippen molar-refractivity contribution in [2.24, 2.45) is 0 Å². The van der Waals surface area contributed by atoms with Crippen molar-refractivity contribution in [1.82, 2.24) is 4.72 Å². The van der Waals surface area contributed by atoms with Crippen LogP contribution in [0.3, 0.4) is 0 Å². The summed E-state index contributed by atoms with van der Waals surface area (Å²) in [6.45, 7) is -0.332. The Morgan fingerprint density at radius 1 is 1.05 bits per heavy atom. The predicted octanol–water partition coefficient (Wildman–Crippen LogP) is 2.40. The molecule has 0 spiro atoms. The van der Waals surface area contributed by atoms with E-state index >= 15 is 0 Å². The number of anilines is 1. The van der Waals surface area contributed by atoms with E-state index in [4.69, 9.17) is 11.6 Å². The minimum absolute atomic E-state index is 0.168. The topological polar surface area (TPSA) is 75.3 Å². The molecule has 0 saturated carbocycles. The van der Waals surface area contributed by atoms with Crippen molar-refractivity contribution in [2.75, 3.05) is 11.9 Å². The van der Waals surface area contributed by atoms with Crippen molar-refractivity contribution in [3.63, 3.8) is 0 Å². The Balaban J connectivity index is 1.87. The van der Waals surface area contributed by atoms with E-state index in [0.29, 0.717) is 16.3 Å². The van der Waals surface area contributed by atoms with Crippen LogP contribution in [0.25, 0.3) is 0 Å². The molecule has 0 fully saturated rings. The molecule has 2 aromatic rings. The van der Waals surface area contributed by atoms with Crippen LogP contribution in [0.15, 0.2) is 54.6 Å². The van der Waals surface area contributed by atoms with E-state index in [1.54, 1.807) is 48.5 Å². The average Bonchev–Trinajstić information content (AvgIpc) is 2.46. The highest BCUT2D eigenvalue weighted by molar-refractivity contribution is 7.88. The molecule has 0 bridgehead atoms. The third kappa shape index (κ3) is 5.48. The number of halogens is 1. The molecule has 0 radical (unpaired) electrons. The summed E-state index contributed by atoms with van der Waals surface area (Å²) in [4.78, 5) is 11.7. The molecule has 1 amide bonds. The highest BCUT2D eigenvalue weighted by atomic mass is 35.5. The van der Waals surface area contributed by atoms with Crippen LogP contribution in [0.1, 0.15) is 5.56 Å². The summed E-state index contributed by atoms with van der Waals surface area (Å²) in [7, 11) is -3.57. The second-order valence-electron chi connectivity index (χ2n) is 4.62. The summed E-state index contributed by atoms with van der Waals surface area (Å²) in [5.74, 6) is -0.628. The molecule has 116 valence electrons. The van der Waals surface area contributed by atoms with Crippen molar-refractivity contribution in [1.29, 1.82) is 0 Å². The zero-order valence-corrected chi connectivity index (χ0v) is 13.2. The van der Waals surface area contributed by atoms with Crippen molar-refractivity contribution in [3.05, 3.63) is 65.2 Å². The van der Waals surface area contributed by atoms with E-state index in [9.17, 15) is 13.2 Å². The van der Waals surface area contributed by atoms with E-state index < -0.39 is 15.9 Å². The van der Waals surface area contributed by atoms with Gasteiger partial charge in [-0.1, -0.05) is 48.0 Å². The highest BCUT2D eigenvalue weighted by Crippen LogP contribution is 2.14. The summed E-state index contributed by atoms with van der Waals surface area (Å²) in [6, 6.07) is 15.4. The summed E-state index contributed by atoms with van der Waals surface area (Å²) in [5.41, 5.74) is 1.17. The first-order valence-corrected chi connectivity index (χ1v) is 8.54. The molecule has 2 aromatic carbocycles. The summed E-state index contributed by atoms with van der Waals surface area (Å²) < 4.78 is 26.1. The van der Waals surface area contributed by atoms with Crippen molar-refractivity contribution in [3.8, 4) is 0 Å². The molecule has 0 aliphatic heterocycles. The molecular weight excluding hydrogens is 324 g/mol. The number of carbonyl (C=O) groups is 1. The summed E-state index contributed by atoms with van der Waals surface area (Å²) >= 11 is 5.81. The zero-order chi connectivity index (χ0) is 16.0. The van der Waals surface area contributed by atoms with Gasteiger partial charge in [0.05, 0.1) is 12.3 Å². The van der Waals surface area contributed by atoms with Crippen molar-refractivity contribution >= 4 is 33.2 Å². The number of sulfonamides is 1. The molecule has 0 aliphatic carbocycles. The van der Waals surface area contributed by atoms with E-state index in [2.05, 4.69) is 10.0 Å². The van der Waals surface area contributed by atoms with Gasteiger partial charge in [-0.15, -0.1) is 0 Å². The van der Waals surface area contributed by atoms with Gasteiger partial charge in [-0.05, 0) is 23.8 Å². The molecule has 22 heavy (non-hydrogen) atoms. The molecule has 0 heterocycles. The van der Waals surface area contributed by atoms with Crippen LogP contribution in [-0.2, 0) is 20.6 Å². The lowest BCUT2D eigenvalue weighted by atomic mass is 10.2. The Kier molecular flexibility index (Phi) is 5.54. The van der Waals surface area contributed by atoms with Crippen LogP contribution in [0.2, 0.25) is 5.02 Å². The maximum Gasteiger partial charge on any atom is 0.239 e. The van der Waals surface area contributed by atoms with Gasteiger partial charge >= 0.3 is 0 Å². The monoisotopic (exact) mass is 338 g/mol. The lowest BCUT2D eigenvalue weighted by Crippen LogP contribution is -2.33. The number of carbonyl (C=O) groups excluding carboxylic acids is 1. The Morgan fingerprint density at radius 3 is 2.45 bits per heavy atom. The maximum absolute atomic E-state index is 11.9. The number of amides is 1. The molecule has 0 atom stereocenters. The summed E-state index contributed by atoms with van der Waals surface area (Å²) in [6.07, 6.45) is 0. The van der Waals surface area contributed by atoms with Crippen LogP contribution >= 0.6 is 11.6 Å². The van der Waals surface area contributed by atoms with E-state index in [1.165, 1.54) is 0 Å². The first-order valence-electron chi connectivity index (χ1n) is 6.51. The molecule has 5 nitrogen and oxygen atoms in total. The standard InChI is InChI=1S/C15H15ClN2O3S/c16-13-7-4-8-14(9-13)18-15(19)10-17-22(20,21)11-12-5-2-1-3-6-12/h1-9,17H,10-11H2,(H,18,19). The first-order chi connectivity index (χ1) is 10.4. The molecule has 0 saturated heterocycles. The summed E-state index contributed by atoms with van der Waals surface area (Å²) in [5, 5.41) is 3.06. The molecular formula is C15H15ClN2O3S. The Morgan fingerprint density at radius 2 is 1.77 bits per heavy atom. The fraction of sp³-hybridized carbons (Fsp3) is 0.133. The second kappa shape index (κ2) is 7.40. The maximum atomic E-state index is 11.9. The second-order valence-corrected chi connectivity index (χ2v) is 6.87. The van der Waals surface area contributed by atoms with Gasteiger partial charge in [0.1, 0.15) is 0 Å². The van der Waals surface area contributed by atoms with Crippen LogP contribution in [-0.4, -0.2) is 20.9 Å². The van der Waals surface area contributed by atoms with Gasteiger partial charge in [-0.3, -0.25) is 4.79 Å². The van der Waals surface area contributed by atoms with Gasteiger partial charge in [0, 0.05) is 10.7 Å². The predicted molar refractivity (Wildman–Crippen MR) is 87.2 cm³/mol. The van der Waals surface area contributed by atoms with Crippen molar-refractivity contribution in [2.45, 2.75) is 5.75 Å². The van der Waals surface area contributed by atoms with E-state index in [1.807, 2.05) is 6.07 Å². The smallest absolute Gasteiger partial charge is 0.239 e. The van der Waals surface area contributed by atoms with Gasteiger partial charge in [-0.2, -0.15) is 0 Å². The zero-order valence-electron chi connectivity index (χ0n) is 11.6. The van der Waals surface area contributed by atoms with Gasteiger partial charge < -0.3 is 5.32 Å². The molecule has 0 unspecified atom stereocenters. The lowest BCUT2D eigenvalue weighted by Gasteiger charge is -2.08. The van der Waals surface area contributed by atoms with Crippen LogP contribution in [0.5, 0.6) is 0 Å². The molecule has 2 N–H and O–H groups in total. The Bertz CT molecular complexity index is 748. The molecule has 2 rings (SSSR count). The molecule has 0 aliphatic rings. The Labute approximate surface area is 134 Å². The number of hydrogen-bond acceptors (Lipinski definition) is 3. The van der Waals surface area contributed by atoms with Gasteiger partial charge in [-0.25, -0.2) is 13.1 Å².